The number of ether oxygens (including phenoxy) is 1. The van der Waals surface area contributed by atoms with E-state index in [1.807, 2.05) is 13.8 Å². The smallest absolute Gasteiger partial charge is 0.159 e. The first-order valence-corrected chi connectivity index (χ1v) is 6.31. The quantitative estimate of drug-likeness (QED) is 0.626. The van der Waals surface area contributed by atoms with Crippen LogP contribution < -0.4 is 0 Å². The van der Waals surface area contributed by atoms with Gasteiger partial charge in [-0.2, -0.15) is 0 Å². The minimum atomic E-state index is -0.634. The summed E-state index contributed by atoms with van der Waals surface area (Å²) in [6.07, 6.45) is 4.84. The summed E-state index contributed by atoms with van der Waals surface area (Å²) in [6, 6.07) is 0. The third kappa shape index (κ3) is 5.53. The van der Waals surface area contributed by atoms with E-state index in [2.05, 4.69) is 20.8 Å². The molecule has 0 saturated carbocycles. The van der Waals surface area contributed by atoms with Crippen LogP contribution in [-0.2, 0) is 4.74 Å². The van der Waals surface area contributed by atoms with Gasteiger partial charge >= 0.3 is 0 Å². The molecule has 0 radical (unpaired) electrons. The first kappa shape index (κ1) is 14.9. The zero-order valence-electron chi connectivity index (χ0n) is 11.0. The Morgan fingerprint density at radius 3 is 1.87 bits per heavy atom. The lowest BCUT2D eigenvalue weighted by Gasteiger charge is -2.32. The summed E-state index contributed by atoms with van der Waals surface area (Å²) in [4.78, 5) is 0. The Bertz CT molecular complexity index is 149. The van der Waals surface area contributed by atoms with Crippen LogP contribution in [0.3, 0.4) is 0 Å². The van der Waals surface area contributed by atoms with Crippen molar-refractivity contribution < 1.29 is 9.84 Å². The van der Waals surface area contributed by atoms with E-state index in [1.165, 1.54) is 0 Å². The molecule has 1 atom stereocenters. The lowest BCUT2D eigenvalue weighted by atomic mass is 9.89. The van der Waals surface area contributed by atoms with Gasteiger partial charge in [0.2, 0.25) is 0 Å². The minimum Gasteiger partial charge on any atom is -0.367 e. The van der Waals surface area contributed by atoms with Gasteiger partial charge in [0.15, 0.2) is 6.29 Å². The van der Waals surface area contributed by atoms with Crippen molar-refractivity contribution in [1.82, 2.24) is 0 Å². The van der Waals surface area contributed by atoms with Crippen molar-refractivity contribution in [3.63, 3.8) is 0 Å². The largest absolute Gasteiger partial charge is 0.367 e. The highest BCUT2D eigenvalue weighted by atomic mass is 16.6. The highest BCUT2D eigenvalue weighted by Gasteiger charge is 2.28. The molecule has 0 aliphatic carbocycles. The standard InChI is InChI=1S/C13H28O2/c1-6-9-11(10-7-2)15-12(14)13(4,5)8-3/h11-12,14H,6-10H2,1-5H3. The van der Waals surface area contributed by atoms with Gasteiger partial charge < -0.3 is 9.84 Å². The molecule has 0 fully saturated rings. The molecule has 2 heteroatoms. The minimum absolute atomic E-state index is 0.139. The Morgan fingerprint density at radius 2 is 1.53 bits per heavy atom. The molecule has 1 unspecified atom stereocenters. The fraction of sp³-hybridized carbons (Fsp3) is 1.00. The van der Waals surface area contributed by atoms with Crippen molar-refractivity contribution in [2.24, 2.45) is 5.41 Å². The van der Waals surface area contributed by atoms with E-state index in [1.54, 1.807) is 0 Å². The summed E-state index contributed by atoms with van der Waals surface area (Å²) in [6.45, 7) is 10.5. The van der Waals surface area contributed by atoms with E-state index in [4.69, 9.17) is 4.74 Å². The molecule has 0 bridgehead atoms. The Kier molecular flexibility index (Phi) is 7.20. The van der Waals surface area contributed by atoms with Gasteiger partial charge in [-0.15, -0.1) is 0 Å². The van der Waals surface area contributed by atoms with E-state index in [0.29, 0.717) is 0 Å². The van der Waals surface area contributed by atoms with E-state index in [-0.39, 0.29) is 11.5 Å². The number of hydrogen-bond acceptors (Lipinski definition) is 2. The molecule has 2 nitrogen and oxygen atoms in total. The molecule has 0 rings (SSSR count). The molecule has 0 saturated heterocycles. The van der Waals surface area contributed by atoms with E-state index in [9.17, 15) is 5.11 Å². The maximum Gasteiger partial charge on any atom is 0.159 e. The molecule has 1 N–H and O–H groups in total. The second kappa shape index (κ2) is 7.24. The SMILES string of the molecule is CCCC(CCC)OC(O)C(C)(C)CC. The Balaban J connectivity index is 4.14. The van der Waals surface area contributed by atoms with Gasteiger partial charge in [-0.25, -0.2) is 0 Å². The topological polar surface area (TPSA) is 29.5 Å². The fourth-order valence-corrected chi connectivity index (χ4v) is 1.47. The second-order valence-corrected chi connectivity index (χ2v) is 5.03. The molecule has 15 heavy (non-hydrogen) atoms. The predicted octanol–water partition coefficient (Wildman–Crippen LogP) is 3.73. The maximum atomic E-state index is 9.98. The average Bonchev–Trinajstić information content (AvgIpc) is 2.18. The zero-order valence-corrected chi connectivity index (χ0v) is 11.0. The Hall–Kier alpha value is -0.0800. The number of aliphatic hydroxyl groups excluding tert-OH is 1. The summed E-state index contributed by atoms with van der Waals surface area (Å²) in [5.41, 5.74) is -0.139. The summed E-state index contributed by atoms with van der Waals surface area (Å²) in [7, 11) is 0. The van der Waals surface area contributed by atoms with Gasteiger partial charge in [0.25, 0.3) is 0 Å². The molecule has 0 spiro atoms. The summed E-state index contributed by atoms with van der Waals surface area (Å²) >= 11 is 0. The number of aliphatic hydroxyl groups is 1. The third-order valence-corrected chi connectivity index (χ3v) is 3.12. The molecule has 0 aliphatic rings. The summed E-state index contributed by atoms with van der Waals surface area (Å²) in [5.74, 6) is 0. The first-order valence-electron chi connectivity index (χ1n) is 6.31. The van der Waals surface area contributed by atoms with Crippen LogP contribution in [0.4, 0.5) is 0 Å². The van der Waals surface area contributed by atoms with Crippen LogP contribution in [0.2, 0.25) is 0 Å². The molecular weight excluding hydrogens is 188 g/mol. The number of hydrogen-bond donors (Lipinski definition) is 1. The van der Waals surface area contributed by atoms with E-state index in [0.717, 1.165) is 32.1 Å². The van der Waals surface area contributed by atoms with Crippen LogP contribution >= 0.6 is 0 Å². The van der Waals surface area contributed by atoms with Crippen molar-refractivity contribution in [2.75, 3.05) is 0 Å². The molecule has 0 aromatic heterocycles. The summed E-state index contributed by atoms with van der Waals surface area (Å²) < 4.78 is 5.74. The molecule has 0 aromatic carbocycles. The van der Waals surface area contributed by atoms with Crippen molar-refractivity contribution in [1.29, 1.82) is 0 Å². The van der Waals surface area contributed by atoms with Crippen LogP contribution in [0, 0.1) is 5.41 Å². The molecule has 0 aliphatic heterocycles. The lowest BCUT2D eigenvalue weighted by Crippen LogP contribution is -2.34. The Labute approximate surface area is 95.0 Å². The molecule has 0 amide bonds. The van der Waals surface area contributed by atoms with Crippen molar-refractivity contribution in [3.05, 3.63) is 0 Å². The van der Waals surface area contributed by atoms with Crippen LogP contribution in [0.25, 0.3) is 0 Å². The Morgan fingerprint density at radius 1 is 1.07 bits per heavy atom. The normalized spacial score (nSPS) is 14.6. The predicted molar refractivity (Wildman–Crippen MR) is 64.8 cm³/mol. The number of rotatable bonds is 8. The summed E-state index contributed by atoms with van der Waals surface area (Å²) in [5, 5.41) is 9.98. The van der Waals surface area contributed by atoms with Gasteiger partial charge in [0, 0.05) is 5.41 Å². The maximum absolute atomic E-state index is 9.98. The average molecular weight is 216 g/mol. The molecule has 92 valence electrons. The second-order valence-electron chi connectivity index (χ2n) is 5.03. The fourth-order valence-electron chi connectivity index (χ4n) is 1.47. The third-order valence-electron chi connectivity index (χ3n) is 3.12. The highest BCUT2D eigenvalue weighted by molar-refractivity contribution is 4.71. The van der Waals surface area contributed by atoms with E-state index >= 15 is 0 Å². The zero-order chi connectivity index (χ0) is 11.9. The van der Waals surface area contributed by atoms with E-state index < -0.39 is 6.29 Å². The molecular formula is C13H28O2. The van der Waals surface area contributed by atoms with Crippen LogP contribution in [0.1, 0.15) is 66.7 Å². The van der Waals surface area contributed by atoms with Crippen molar-refractivity contribution in [2.45, 2.75) is 79.1 Å². The monoisotopic (exact) mass is 216 g/mol. The molecule has 0 aromatic rings. The highest BCUT2D eigenvalue weighted by Crippen LogP contribution is 2.27. The van der Waals surface area contributed by atoms with Crippen LogP contribution in [-0.4, -0.2) is 17.5 Å². The lowest BCUT2D eigenvalue weighted by molar-refractivity contribution is -0.195. The van der Waals surface area contributed by atoms with Crippen LogP contribution in [0.15, 0.2) is 0 Å². The molecule has 0 heterocycles. The van der Waals surface area contributed by atoms with Gasteiger partial charge in [-0.1, -0.05) is 47.5 Å². The first-order chi connectivity index (χ1) is 6.97. The van der Waals surface area contributed by atoms with Gasteiger partial charge in [0.05, 0.1) is 6.10 Å². The van der Waals surface area contributed by atoms with Gasteiger partial charge in [-0.3, -0.25) is 0 Å². The van der Waals surface area contributed by atoms with Gasteiger partial charge in [0.1, 0.15) is 0 Å². The van der Waals surface area contributed by atoms with Gasteiger partial charge in [-0.05, 0) is 19.3 Å². The van der Waals surface area contributed by atoms with Crippen molar-refractivity contribution >= 4 is 0 Å². The van der Waals surface area contributed by atoms with Crippen LogP contribution in [0.5, 0.6) is 0 Å². The van der Waals surface area contributed by atoms with Crippen molar-refractivity contribution in [3.8, 4) is 0 Å².